The Balaban J connectivity index is 3.68. The predicted octanol–water partition coefficient (Wildman–Crippen LogP) is 1.62. The zero-order chi connectivity index (χ0) is 8.20. The molecule has 0 aromatic heterocycles. The molecule has 4 heteroatoms. The maximum Gasteiger partial charge on any atom is 0.318 e. The molecule has 0 aromatic carbocycles. The van der Waals surface area contributed by atoms with Crippen LogP contribution in [0.4, 0.5) is 0 Å². The minimum absolute atomic E-state index is 0.0583. The zero-order valence-corrected chi connectivity index (χ0v) is 7.27. The molecule has 0 radical (unpaired) electrons. The molecule has 0 heterocycles. The Morgan fingerprint density at radius 2 is 2.00 bits per heavy atom. The second kappa shape index (κ2) is 3.67. The maximum absolute atomic E-state index is 10.6. The van der Waals surface area contributed by atoms with Crippen LogP contribution in [0.5, 0.6) is 0 Å². The van der Waals surface area contributed by atoms with E-state index in [0.29, 0.717) is 0 Å². The van der Waals surface area contributed by atoms with Crippen molar-refractivity contribution in [3.8, 4) is 0 Å². The van der Waals surface area contributed by atoms with Crippen molar-refractivity contribution in [3.05, 3.63) is 0 Å². The van der Waals surface area contributed by atoms with Crippen LogP contribution in [0.3, 0.4) is 0 Å². The Bertz CT molecular complexity index is 136. The van der Waals surface area contributed by atoms with Crippen LogP contribution in [-0.2, 0) is 14.1 Å². The standard InChI is InChI=1S/C6H11O3P/c1-6(2,3)9-5(7)4-10-8/h4H2,1-3H3. The van der Waals surface area contributed by atoms with E-state index in [1.807, 2.05) is 0 Å². The van der Waals surface area contributed by atoms with E-state index in [4.69, 9.17) is 4.74 Å². The third kappa shape index (κ3) is 5.70. The van der Waals surface area contributed by atoms with Crippen molar-refractivity contribution >= 4 is 14.4 Å². The molecule has 0 saturated heterocycles. The third-order valence-corrected chi connectivity index (χ3v) is 1.00. The first-order valence-electron chi connectivity index (χ1n) is 2.96. The molecule has 0 N–H and O–H groups in total. The topological polar surface area (TPSA) is 43.4 Å². The fourth-order valence-electron chi connectivity index (χ4n) is 0.426. The van der Waals surface area contributed by atoms with Crippen LogP contribution in [0, 0.1) is 0 Å². The number of hydrogen-bond donors (Lipinski definition) is 0. The SMILES string of the molecule is CC(C)(C)OC(=O)CP=O. The highest BCUT2D eigenvalue weighted by Gasteiger charge is 2.15. The Hall–Kier alpha value is -0.430. The predicted molar refractivity (Wildman–Crippen MR) is 38.3 cm³/mol. The Morgan fingerprint density at radius 1 is 1.50 bits per heavy atom. The molecule has 0 aromatic rings. The first-order chi connectivity index (χ1) is 4.45. The van der Waals surface area contributed by atoms with Crippen molar-refractivity contribution in [2.45, 2.75) is 26.4 Å². The van der Waals surface area contributed by atoms with Gasteiger partial charge in [-0.15, -0.1) is 0 Å². The second-order valence-electron chi connectivity index (χ2n) is 2.87. The number of carbonyl (C=O) groups excluding carboxylic acids is 1. The van der Waals surface area contributed by atoms with Gasteiger partial charge in [0.1, 0.15) is 11.8 Å². The molecule has 0 fully saturated rings. The lowest BCUT2D eigenvalue weighted by Crippen LogP contribution is -2.24. The van der Waals surface area contributed by atoms with Crippen LogP contribution >= 0.6 is 8.46 Å². The van der Waals surface area contributed by atoms with Gasteiger partial charge in [0.25, 0.3) is 0 Å². The van der Waals surface area contributed by atoms with Gasteiger partial charge in [-0.2, -0.15) is 0 Å². The van der Waals surface area contributed by atoms with E-state index in [1.165, 1.54) is 0 Å². The van der Waals surface area contributed by atoms with Crippen LogP contribution in [0.2, 0.25) is 0 Å². The summed E-state index contributed by atoms with van der Waals surface area (Å²) in [5, 5.41) is 0. The van der Waals surface area contributed by atoms with Crippen molar-refractivity contribution in [2.24, 2.45) is 0 Å². The average Bonchev–Trinajstić information content (AvgIpc) is 1.59. The molecule has 3 nitrogen and oxygen atoms in total. The lowest BCUT2D eigenvalue weighted by Gasteiger charge is -2.18. The monoisotopic (exact) mass is 162 g/mol. The summed E-state index contributed by atoms with van der Waals surface area (Å²) in [6.45, 7) is 5.31. The highest BCUT2D eigenvalue weighted by Crippen LogP contribution is 2.08. The van der Waals surface area contributed by atoms with Gasteiger partial charge in [-0.25, -0.2) is 0 Å². The van der Waals surface area contributed by atoms with Gasteiger partial charge >= 0.3 is 5.97 Å². The summed E-state index contributed by atoms with van der Waals surface area (Å²) in [6.07, 6.45) is -0.0583. The van der Waals surface area contributed by atoms with E-state index in [-0.39, 0.29) is 14.6 Å². The van der Waals surface area contributed by atoms with Gasteiger partial charge in [-0.05, 0) is 20.8 Å². The normalized spacial score (nSPS) is 11.5. The highest BCUT2D eigenvalue weighted by molar-refractivity contribution is 7.25. The van der Waals surface area contributed by atoms with Crippen molar-refractivity contribution < 1.29 is 14.1 Å². The van der Waals surface area contributed by atoms with E-state index in [0.717, 1.165) is 0 Å². The van der Waals surface area contributed by atoms with Gasteiger partial charge in [0.2, 0.25) is 0 Å². The average molecular weight is 162 g/mol. The van der Waals surface area contributed by atoms with Crippen LogP contribution in [0.1, 0.15) is 20.8 Å². The quantitative estimate of drug-likeness (QED) is 0.457. The number of ether oxygens (including phenoxy) is 1. The molecule has 0 saturated carbocycles. The lowest BCUT2D eigenvalue weighted by atomic mass is 10.2. The molecular weight excluding hydrogens is 151 g/mol. The highest BCUT2D eigenvalue weighted by atomic mass is 31.1. The maximum atomic E-state index is 10.6. The fourth-order valence-corrected chi connectivity index (χ4v) is 0.596. The molecule has 0 aliphatic carbocycles. The molecule has 0 bridgehead atoms. The lowest BCUT2D eigenvalue weighted by molar-refractivity contribution is -0.151. The van der Waals surface area contributed by atoms with E-state index in [1.54, 1.807) is 20.8 Å². The van der Waals surface area contributed by atoms with Crippen LogP contribution in [0.15, 0.2) is 0 Å². The second-order valence-corrected chi connectivity index (χ2v) is 3.45. The van der Waals surface area contributed by atoms with E-state index in [9.17, 15) is 9.36 Å². The van der Waals surface area contributed by atoms with Crippen molar-refractivity contribution in [1.29, 1.82) is 0 Å². The number of carbonyl (C=O) groups is 1. The fraction of sp³-hybridized carbons (Fsp3) is 0.833. The van der Waals surface area contributed by atoms with Crippen molar-refractivity contribution in [2.75, 3.05) is 6.16 Å². The van der Waals surface area contributed by atoms with E-state index >= 15 is 0 Å². The molecular formula is C6H11O3P. The summed E-state index contributed by atoms with van der Waals surface area (Å²) in [4.78, 5) is 10.6. The van der Waals surface area contributed by atoms with Gasteiger partial charge < -0.3 is 4.74 Å². The summed E-state index contributed by atoms with van der Waals surface area (Å²) in [6, 6.07) is 0. The van der Waals surface area contributed by atoms with Gasteiger partial charge in [0.15, 0.2) is 8.46 Å². The van der Waals surface area contributed by atoms with Crippen molar-refractivity contribution in [1.82, 2.24) is 0 Å². The molecule has 0 aliphatic heterocycles. The summed E-state index contributed by atoms with van der Waals surface area (Å²) in [7, 11) is -0.187. The number of esters is 1. The third-order valence-electron chi connectivity index (χ3n) is 0.614. The minimum atomic E-state index is -0.470. The van der Waals surface area contributed by atoms with Gasteiger partial charge in [0, 0.05) is 0 Å². The number of rotatable bonds is 2. The van der Waals surface area contributed by atoms with Gasteiger partial charge in [-0.3, -0.25) is 9.36 Å². The molecule has 0 aliphatic rings. The summed E-state index contributed by atoms with van der Waals surface area (Å²) < 4.78 is 14.7. The van der Waals surface area contributed by atoms with Crippen LogP contribution < -0.4 is 0 Å². The molecule has 0 unspecified atom stereocenters. The summed E-state index contributed by atoms with van der Waals surface area (Å²) in [5.41, 5.74) is -0.470. The molecule has 0 spiro atoms. The van der Waals surface area contributed by atoms with E-state index in [2.05, 4.69) is 0 Å². The zero-order valence-electron chi connectivity index (χ0n) is 6.38. The minimum Gasteiger partial charge on any atom is -0.459 e. The first kappa shape index (κ1) is 9.57. The first-order valence-corrected chi connectivity index (χ1v) is 3.96. The van der Waals surface area contributed by atoms with Crippen molar-refractivity contribution in [3.63, 3.8) is 0 Å². The van der Waals surface area contributed by atoms with Crippen LogP contribution in [-0.4, -0.2) is 17.7 Å². The molecule has 0 rings (SSSR count). The van der Waals surface area contributed by atoms with Gasteiger partial charge in [-0.1, -0.05) is 0 Å². The Kier molecular flexibility index (Phi) is 3.51. The summed E-state index contributed by atoms with van der Waals surface area (Å²) >= 11 is 0. The summed E-state index contributed by atoms with van der Waals surface area (Å²) in [5.74, 6) is -0.427. The molecule has 0 atom stereocenters. The van der Waals surface area contributed by atoms with E-state index < -0.39 is 11.6 Å². The largest absolute Gasteiger partial charge is 0.459 e. The Labute approximate surface area is 62.0 Å². The smallest absolute Gasteiger partial charge is 0.318 e. The van der Waals surface area contributed by atoms with Crippen LogP contribution in [0.25, 0.3) is 0 Å². The molecule has 58 valence electrons. The molecule has 10 heavy (non-hydrogen) atoms. The van der Waals surface area contributed by atoms with Gasteiger partial charge in [0.05, 0.1) is 0 Å². The number of hydrogen-bond acceptors (Lipinski definition) is 3. The molecule has 0 amide bonds. The Morgan fingerprint density at radius 3 is 2.30 bits per heavy atom.